The number of phosphoric ester groups is 2. The number of hydrogen-bond donors (Lipinski definition) is 3. The molecule has 17 nitrogen and oxygen atoms in total. The Balaban J connectivity index is 5.26. The van der Waals surface area contributed by atoms with Crippen molar-refractivity contribution in [3.05, 3.63) is 0 Å². The van der Waals surface area contributed by atoms with Crippen LogP contribution in [0.5, 0.6) is 0 Å². The molecule has 0 spiro atoms. The summed E-state index contributed by atoms with van der Waals surface area (Å²) >= 11 is 0. The number of phosphoric acid groups is 2. The van der Waals surface area contributed by atoms with Crippen LogP contribution in [0.25, 0.3) is 0 Å². The van der Waals surface area contributed by atoms with Crippen molar-refractivity contribution in [1.29, 1.82) is 0 Å². The maximum absolute atomic E-state index is 13.1. The molecule has 0 rings (SSSR count). The second kappa shape index (κ2) is 71.7. The highest BCUT2D eigenvalue weighted by Gasteiger charge is 2.30. The van der Waals surface area contributed by atoms with E-state index < -0.39 is 97.5 Å². The smallest absolute Gasteiger partial charge is 0.462 e. The van der Waals surface area contributed by atoms with E-state index >= 15 is 0 Å². The molecule has 3 N–H and O–H groups in total. The zero-order chi connectivity index (χ0) is 72.8. The first-order valence-electron chi connectivity index (χ1n) is 41.5. The summed E-state index contributed by atoms with van der Waals surface area (Å²) in [5.41, 5.74) is 0. The average Bonchev–Trinajstić information content (AvgIpc) is 2.19. The van der Waals surface area contributed by atoms with Crippen LogP contribution in [0.3, 0.4) is 0 Å². The number of unbranched alkanes of at least 4 members (excludes halogenated alkanes) is 49. The summed E-state index contributed by atoms with van der Waals surface area (Å²) in [4.78, 5) is 73.0. The predicted octanol–water partition coefficient (Wildman–Crippen LogP) is 23.9. The van der Waals surface area contributed by atoms with Crippen molar-refractivity contribution in [1.82, 2.24) is 0 Å². The number of ether oxygens (including phenoxy) is 4. The standard InChI is InChI=1S/C80H156O17P2/c1-7-9-11-13-15-17-19-21-27-33-40-46-52-58-64-79(84)96-75(68-90-77(82)62-56-50-44-38-32-25-20-18-16-14-12-10-8-2)70-94-98(86,87)92-66-74(81)67-93-99(88,89)95-71-76(69-91-78(83)63-57-51-45-39-35-29-31-37-43-49-55-61-73(5)6)97-80(85)65-59-53-47-41-34-28-24-22-23-26-30-36-42-48-54-60-72(3)4/h72-76,81H,7-71H2,1-6H3,(H,86,87)(H,88,89)/t74-,75+,76+/m0/s1. The highest BCUT2D eigenvalue weighted by molar-refractivity contribution is 7.47. The molecule has 0 aliphatic heterocycles. The van der Waals surface area contributed by atoms with Crippen molar-refractivity contribution in [2.75, 3.05) is 39.6 Å². The van der Waals surface area contributed by atoms with Crippen molar-refractivity contribution in [3.8, 4) is 0 Å². The summed E-state index contributed by atoms with van der Waals surface area (Å²) < 4.78 is 68.7. The van der Waals surface area contributed by atoms with Gasteiger partial charge in [-0.05, 0) is 37.5 Å². The summed E-state index contributed by atoms with van der Waals surface area (Å²) in [7, 11) is -9.92. The molecule has 0 saturated heterocycles. The molecular weight excluding hydrogens is 1290 g/mol. The monoisotopic (exact) mass is 1450 g/mol. The maximum Gasteiger partial charge on any atom is 0.472 e. The highest BCUT2D eigenvalue weighted by atomic mass is 31.2. The van der Waals surface area contributed by atoms with Gasteiger partial charge < -0.3 is 33.8 Å². The van der Waals surface area contributed by atoms with E-state index in [0.717, 1.165) is 102 Å². The SMILES string of the molecule is CCCCCCCCCCCCCCCCC(=O)O[C@H](COC(=O)CCCCCCCCCCCCCCC)COP(=O)(O)OC[C@H](O)COP(=O)(O)OC[C@@H](COC(=O)CCCCCCCCCCCCCC(C)C)OC(=O)CCCCCCCCCCCCCCCCCC(C)C. The number of aliphatic hydroxyl groups excluding tert-OH is 1. The molecule has 0 saturated carbocycles. The summed E-state index contributed by atoms with van der Waals surface area (Å²) in [6.07, 6.45) is 60.8. The molecule has 0 aromatic heterocycles. The van der Waals surface area contributed by atoms with Crippen molar-refractivity contribution < 1.29 is 80.2 Å². The zero-order valence-corrected chi connectivity index (χ0v) is 66.6. The van der Waals surface area contributed by atoms with Crippen LogP contribution in [0, 0.1) is 11.8 Å². The van der Waals surface area contributed by atoms with E-state index in [2.05, 4.69) is 41.5 Å². The average molecular weight is 1450 g/mol. The van der Waals surface area contributed by atoms with Crippen LogP contribution in [0.15, 0.2) is 0 Å². The molecule has 0 aromatic rings. The Morgan fingerprint density at radius 1 is 0.273 bits per heavy atom. The normalized spacial score (nSPS) is 13.9. The topological polar surface area (TPSA) is 237 Å². The van der Waals surface area contributed by atoms with Gasteiger partial charge in [-0.15, -0.1) is 0 Å². The first-order valence-corrected chi connectivity index (χ1v) is 44.5. The Morgan fingerprint density at radius 3 is 0.687 bits per heavy atom. The van der Waals surface area contributed by atoms with Gasteiger partial charge in [-0.25, -0.2) is 9.13 Å². The number of carbonyl (C=O) groups is 4. The van der Waals surface area contributed by atoms with Crippen molar-refractivity contribution in [3.63, 3.8) is 0 Å². The van der Waals surface area contributed by atoms with Gasteiger partial charge in [0.25, 0.3) is 0 Å². The minimum absolute atomic E-state index is 0.108. The van der Waals surface area contributed by atoms with E-state index in [4.69, 9.17) is 37.0 Å². The molecule has 2 unspecified atom stereocenters. The van der Waals surface area contributed by atoms with E-state index in [1.807, 2.05) is 0 Å². The minimum atomic E-state index is -4.96. The van der Waals surface area contributed by atoms with E-state index in [1.165, 1.54) is 238 Å². The molecule has 5 atom stereocenters. The lowest BCUT2D eigenvalue weighted by atomic mass is 10.0. The molecule has 0 aliphatic rings. The summed E-state index contributed by atoms with van der Waals surface area (Å²) in [5, 5.41) is 10.6. The Kier molecular flexibility index (Phi) is 70.3. The van der Waals surface area contributed by atoms with Gasteiger partial charge in [0.05, 0.1) is 26.4 Å². The van der Waals surface area contributed by atoms with Crippen LogP contribution in [0.1, 0.15) is 420 Å². The van der Waals surface area contributed by atoms with Gasteiger partial charge in [-0.1, -0.05) is 369 Å². The van der Waals surface area contributed by atoms with Gasteiger partial charge >= 0.3 is 39.5 Å². The lowest BCUT2D eigenvalue weighted by Gasteiger charge is -2.21. The summed E-state index contributed by atoms with van der Waals surface area (Å²) in [6, 6.07) is 0. The molecule has 0 aromatic carbocycles. The molecule has 99 heavy (non-hydrogen) atoms. The quantitative estimate of drug-likeness (QED) is 0.0222. The van der Waals surface area contributed by atoms with Crippen LogP contribution >= 0.6 is 15.6 Å². The van der Waals surface area contributed by atoms with Crippen LogP contribution in [-0.2, 0) is 65.4 Å². The van der Waals surface area contributed by atoms with Crippen molar-refractivity contribution >= 4 is 39.5 Å². The molecule has 19 heteroatoms. The van der Waals surface area contributed by atoms with Gasteiger partial charge in [-0.3, -0.25) is 37.3 Å². The number of aliphatic hydroxyl groups is 1. The lowest BCUT2D eigenvalue weighted by molar-refractivity contribution is -0.161. The number of rotatable bonds is 79. The largest absolute Gasteiger partial charge is 0.472 e. The molecule has 0 amide bonds. The van der Waals surface area contributed by atoms with Gasteiger partial charge in [-0.2, -0.15) is 0 Å². The Morgan fingerprint density at radius 2 is 0.465 bits per heavy atom. The fourth-order valence-electron chi connectivity index (χ4n) is 12.4. The second-order valence-corrected chi connectivity index (χ2v) is 32.7. The Labute approximate surface area is 607 Å². The van der Waals surface area contributed by atoms with Gasteiger partial charge in [0, 0.05) is 25.7 Å². The first-order chi connectivity index (χ1) is 47.9. The molecule has 0 heterocycles. The zero-order valence-electron chi connectivity index (χ0n) is 64.8. The molecular formula is C80H156O17P2. The van der Waals surface area contributed by atoms with Crippen molar-refractivity contribution in [2.45, 2.75) is 439 Å². The van der Waals surface area contributed by atoms with E-state index in [-0.39, 0.29) is 25.7 Å². The summed E-state index contributed by atoms with van der Waals surface area (Å²) in [5.74, 6) is -0.533. The van der Waals surface area contributed by atoms with Crippen LogP contribution in [0.4, 0.5) is 0 Å². The molecule has 0 fully saturated rings. The molecule has 0 aliphatic carbocycles. The van der Waals surface area contributed by atoms with Crippen molar-refractivity contribution in [2.24, 2.45) is 11.8 Å². The van der Waals surface area contributed by atoms with Gasteiger partial charge in [0.15, 0.2) is 12.2 Å². The predicted molar refractivity (Wildman–Crippen MR) is 405 cm³/mol. The first kappa shape index (κ1) is 97.1. The van der Waals surface area contributed by atoms with E-state index in [0.29, 0.717) is 25.7 Å². The second-order valence-electron chi connectivity index (χ2n) is 29.8. The Bertz CT molecular complexity index is 1910. The van der Waals surface area contributed by atoms with E-state index in [9.17, 15) is 43.2 Å². The van der Waals surface area contributed by atoms with Crippen LogP contribution < -0.4 is 0 Å². The molecule has 0 bridgehead atoms. The van der Waals surface area contributed by atoms with Crippen LogP contribution in [-0.4, -0.2) is 96.7 Å². The fourth-order valence-corrected chi connectivity index (χ4v) is 13.9. The van der Waals surface area contributed by atoms with Gasteiger partial charge in [0.2, 0.25) is 0 Å². The third kappa shape index (κ3) is 74.1. The van der Waals surface area contributed by atoms with Gasteiger partial charge in [0.1, 0.15) is 19.3 Å². The third-order valence-electron chi connectivity index (χ3n) is 18.7. The number of esters is 4. The lowest BCUT2D eigenvalue weighted by Crippen LogP contribution is -2.30. The highest BCUT2D eigenvalue weighted by Crippen LogP contribution is 2.45. The third-order valence-corrected chi connectivity index (χ3v) is 20.6. The minimum Gasteiger partial charge on any atom is -0.462 e. The number of carbonyl (C=O) groups excluding carboxylic acids is 4. The van der Waals surface area contributed by atoms with Crippen LogP contribution in [0.2, 0.25) is 0 Å². The van der Waals surface area contributed by atoms with E-state index in [1.54, 1.807) is 0 Å². The molecule has 588 valence electrons. The molecule has 0 radical (unpaired) electrons. The number of hydrogen-bond acceptors (Lipinski definition) is 15. The fraction of sp³-hybridized carbons (Fsp3) is 0.950. The maximum atomic E-state index is 13.1. The summed E-state index contributed by atoms with van der Waals surface area (Å²) in [6.45, 7) is 9.67. The Hall–Kier alpha value is -1.94.